The topological polar surface area (TPSA) is 78.9 Å². The smallest absolute Gasteiger partial charge is 0.317 e. The number of aliphatic carboxylic acids is 1. The normalized spacial score (nSPS) is 29.6. The molecule has 2 unspecified atom stereocenters. The molecule has 2 N–H and O–H groups in total. The highest BCUT2D eigenvalue weighted by atomic mass is 16.5. The number of nitrogens with zero attached hydrogens (tertiary/aromatic N) is 1. The number of carbonyl (C=O) groups is 2. The second-order valence-corrected chi connectivity index (χ2v) is 5.86. The molecule has 2 aliphatic heterocycles. The van der Waals surface area contributed by atoms with E-state index < -0.39 is 11.4 Å². The molecule has 114 valence electrons. The van der Waals surface area contributed by atoms with Crippen molar-refractivity contribution in [2.45, 2.75) is 32.6 Å². The van der Waals surface area contributed by atoms with Gasteiger partial charge in [0.15, 0.2) is 0 Å². The Hall–Kier alpha value is -1.30. The molecule has 0 saturated carbocycles. The number of hydrogen-bond acceptors (Lipinski definition) is 3. The summed E-state index contributed by atoms with van der Waals surface area (Å²) < 4.78 is 5.29. The summed E-state index contributed by atoms with van der Waals surface area (Å²) in [6.45, 7) is 4.96. The van der Waals surface area contributed by atoms with Gasteiger partial charge in [0.1, 0.15) is 0 Å². The summed E-state index contributed by atoms with van der Waals surface area (Å²) in [5.41, 5.74) is -0.753. The molecule has 2 fully saturated rings. The van der Waals surface area contributed by atoms with Gasteiger partial charge in [-0.1, -0.05) is 6.92 Å². The minimum Gasteiger partial charge on any atom is -0.481 e. The fourth-order valence-electron chi connectivity index (χ4n) is 2.97. The minimum atomic E-state index is -0.793. The average Bonchev–Trinajstić information content (AvgIpc) is 3.08. The Balaban J connectivity index is 1.74. The lowest BCUT2D eigenvalue weighted by Gasteiger charge is -2.23. The van der Waals surface area contributed by atoms with E-state index in [0.717, 1.165) is 26.1 Å². The van der Waals surface area contributed by atoms with Crippen molar-refractivity contribution >= 4 is 12.0 Å². The predicted molar refractivity (Wildman–Crippen MR) is 73.5 cm³/mol. The number of urea groups is 1. The molecule has 6 heteroatoms. The van der Waals surface area contributed by atoms with E-state index in [9.17, 15) is 14.7 Å². The van der Waals surface area contributed by atoms with Crippen LogP contribution in [-0.4, -0.2) is 54.9 Å². The molecule has 6 nitrogen and oxygen atoms in total. The van der Waals surface area contributed by atoms with Crippen LogP contribution in [0.2, 0.25) is 0 Å². The number of likely N-dealkylation sites (tertiary alicyclic amines) is 1. The molecule has 2 rings (SSSR count). The summed E-state index contributed by atoms with van der Waals surface area (Å²) in [6, 6.07) is -0.138. The van der Waals surface area contributed by atoms with Gasteiger partial charge in [0.2, 0.25) is 0 Å². The number of rotatable bonds is 5. The molecule has 2 saturated heterocycles. The van der Waals surface area contributed by atoms with Crippen molar-refractivity contribution in [2.24, 2.45) is 11.3 Å². The maximum atomic E-state index is 12.0. The van der Waals surface area contributed by atoms with Crippen molar-refractivity contribution in [1.82, 2.24) is 10.2 Å². The van der Waals surface area contributed by atoms with E-state index in [1.54, 1.807) is 4.90 Å². The standard InChI is InChI=1S/C14H24N2O4/c1-2-14(12(17)18)5-7-16(10-14)13(19)15-6-3-11-4-8-20-9-11/h11H,2-10H2,1H3,(H,15,19)(H,17,18). The van der Waals surface area contributed by atoms with Gasteiger partial charge < -0.3 is 20.1 Å². The number of amides is 2. The molecule has 0 aromatic heterocycles. The van der Waals surface area contributed by atoms with E-state index in [-0.39, 0.29) is 6.03 Å². The molecular formula is C14H24N2O4. The van der Waals surface area contributed by atoms with Gasteiger partial charge in [-0.3, -0.25) is 4.79 Å². The Morgan fingerprint density at radius 1 is 1.50 bits per heavy atom. The van der Waals surface area contributed by atoms with Crippen molar-refractivity contribution in [2.75, 3.05) is 32.8 Å². The number of ether oxygens (including phenoxy) is 1. The van der Waals surface area contributed by atoms with Crippen LogP contribution in [-0.2, 0) is 9.53 Å². The second kappa shape index (κ2) is 6.43. The van der Waals surface area contributed by atoms with E-state index in [4.69, 9.17) is 4.74 Å². The zero-order chi connectivity index (χ0) is 14.6. The molecule has 2 atom stereocenters. The fraction of sp³-hybridized carbons (Fsp3) is 0.857. The second-order valence-electron chi connectivity index (χ2n) is 5.86. The molecule has 0 aromatic carbocycles. The van der Waals surface area contributed by atoms with Crippen LogP contribution in [0.5, 0.6) is 0 Å². The molecule has 0 aliphatic carbocycles. The van der Waals surface area contributed by atoms with Gasteiger partial charge >= 0.3 is 12.0 Å². The molecular weight excluding hydrogens is 260 g/mol. The number of carboxylic acids is 1. The molecule has 0 radical (unpaired) electrons. The molecule has 0 aromatic rings. The summed E-state index contributed by atoms with van der Waals surface area (Å²) >= 11 is 0. The highest BCUT2D eigenvalue weighted by Crippen LogP contribution is 2.34. The quantitative estimate of drug-likeness (QED) is 0.798. The Morgan fingerprint density at radius 3 is 2.85 bits per heavy atom. The summed E-state index contributed by atoms with van der Waals surface area (Å²) in [6.07, 6.45) is 3.10. The van der Waals surface area contributed by atoms with Crippen molar-refractivity contribution < 1.29 is 19.4 Å². The van der Waals surface area contributed by atoms with Gasteiger partial charge in [-0.2, -0.15) is 0 Å². The molecule has 2 amide bonds. The van der Waals surface area contributed by atoms with E-state index in [2.05, 4.69) is 5.32 Å². The first-order valence-corrected chi connectivity index (χ1v) is 7.41. The maximum Gasteiger partial charge on any atom is 0.317 e. The lowest BCUT2D eigenvalue weighted by Crippen LogP contribution is -2.42. The van der Waals surface area contributed by atoms with Crippen LogP contribution in [0.15, 0.2) is 0 Å². The molecule has 20 heavy (non-hydrogen) atoms. The third-order valence-electron chi connectivity index (χ3n) is 4.62. The summed E-state index contributed by atoms with van der Waals surface area (Å²) in [5.74, 6) is -0.249. The Bertz CT molecular complexity index is 368. The van der Waals surface area contributed by atoms with Gasteiger partial charge in [-0.15, -0.1) is 0 Å². The van der Waals surface area contributed by atoms with Gasteiger partial charge in [0, 0.05) is 32.8 Å². The summed E-state index contributed by atoms with van der Waals surface area (Å²) in [5, 5.41) is 12.2. The number of carboxylic acid groups (broad SMARTS) is 1. The lowest BCUT2D eigenvalue weighted by molar-refractivity contribution is -0.148. The highest BCUT2D eigenvalue weighted by molar-refractivity contribution is 5.79. The first-order chi connectivity index (χ1) is 9.57. The van der Waals surface area contributed by atoms with Gasteiger partial charge in [-0.25, -0.2) is 4.79 Å². The minimum absolute atomic E-state index is 0.138. The maximum absolute atomic E-state index is 12.0. The van der Waals surface area contributed by atoms with Crippen LogP contribution in [0.1, 0.15) is 32.6 Å². The zero-order valence-electron chi connectivity index (χ0n) is 12.1. The van der Waals surface area contributed by atoms with Crippen LogP contribution in [0.25, 0.3) is 0 Å². The largest absolute Gasteiger partial charge is 0.481 e. The SMILES string of the molecule is CCC1(C(=O)O)CCN(C(=O)NCCC2CCOC2)C1. The number of carbonyl (C=O) groups excluding carboxylic acids is 1. The van der Waals surface area contributed by atoms with E-state index >= 15 is 0 Å². The average molecular weight is 284 g/mol. The predicted octanol–water partition coefficient (Wildman–Crippen LogP) is 1.31. The fourth-order valence-corrected chi connectivity index (χ4v) is 2.97. The number of hydrogen-bond donors (Lipinski definition) is 2. The highest BCUT2D eigenvalue weighted by Gasteiger charge is 2.44. The zero-order valence-corrected chi connectivity index (χ0v) is 12.1. The Kier molecular flexibility index (Phi) is 4.86. The lowest BCUT2D eigenvalue weighted by atomic mass is 9.84. The molecule has 2 aliphatic rings. The van der Waals surface area contributed by atoms with Crippen molar-refractivity contribution in [3.63, 3.8) is 0 Å². The van der Waals surface area contributed by atoms with Crippen LogP contribution >= 0.6 is 0 Å². The van der Waals surface area contributed by atoms with Crippen LogP contribution in [0.3, 0.4) is 0 Å². The summed E-state index contributed by atoms with van der Waals surface area (Å²) in [7, 11) is 0. The Morgan fingerprint density at radius 2 is 2.30 bits per heavy atom. The van der Waals surface area contributed by atoms with E-state index in [1.165, 1.54) is 0 Å². The summed E-state index contributed by atoms with van der Waals surface area (Å²) in [4.78, 5) is 25.0. The van der Waals surface area contributed by atoms with Crippen LogP contribution in [0, 0.1) is 11.3 Å². The van der Waals surface area contributed by atoms with Crippen LogP contribution in [0.4, 0.5) is 4.79 Å². The van der Waals surface area contributed by atoms with Crippen molar-refractivity contribution in [1.29, 1.82) is 0 Å². The Labute approximate surface area is 119 Å². The van der Waals surface area contributed by atoms with Gasteiger partial charge in [-0.05, 0) is 31.6 Å². The van der Waals surface area contributed by atoms with E-state index in [1.807, 2.05) is 6.92 Å². The first-order valence-electron chi connectivity index (χ1n) is 7.41. The third kappa shape index (κ3) is 3.23. The van der Waals surface area contributed by atoms with E-state index in [0.29, 0.717) is 38.4 Å². The third-order valence-corrected chi connectivity index (χ3v) is 4.62. The molecule has 2 heterocycles. The van der Waals surface area contributed by atoms with Gasteiger partial charge in [0.05, 0.1) is 5.41 Å². The van der Waals surface area contributed by atoms with Crippen molar-refractivity contribution in [3.05, 3.63) is 0 Å². The molecule has 0 bridgehead atoms. The first kappa shape index (κ1) is 15.1. The van der Waals surface area contributed by atoms with Crippen LogP contribution < -0.4 is 5.32 Å². The number of nitrogens with one attached hydrogen (secondary N) is 1. The molecule has 0 spiro atoms. The van der Waals surface area contributed by atoms with Gasteiger partial charge in [0.25, 0.3) is 0 Å². The van der Waals surface area contributed by atoms with Crippen molar-refractivity contribution in [3.8, 4) is 0 Å². The monoisotopic (exact) mass is 284 g/mol.